The number of carbonyl (C=O) groups excluding carboxylic acids is 1. The average Bonchev–Trinajstić information content (AvgIpc) is 2.59. The van der Waals surface area contributed by atoms with Gasteiger partial charge in [-0.3, -0.25) is 4.79 Å². The van der Waals surface area contributed by atoms with Crippen molar-refractivity contribution in [3.05, 3.63) is 82.8 Å². The third-order valence-corrected chi connectivity index (χ3v) is 3.81. The van der Waals surface area contributed by atoms with Crippen molar-refractivity contribution < 1.29 is 9.18 Å². The molecule has 0 fully saturated rings. The highest BCUT2D eigenvalue weighted by molar-refractivity contribution is 6.30. The molecule has 0 aliphatic carbocycles. The molecular weight excluding hydrogens is 341 g/mol. The van der Waals surface area contributed by atoms with Crippen LogP contribution in [-0.4, -0.2) is 10.9 Å². The molecule has 0 radical (unpaired) electrons. The van der Waals surface area contributed by atoms with Gasteiger partial charge >= 0.3 is 0 Å². The molecule has 0 aliphatic heterocycles. The third-order valence-electron chi connectivity index (χ3n) is 3.58. The van der Waals surface area contributed by atoms with Gasteiger partial charge in [0.15, 0.2) is 0 Å². The molecule has 4 nitrogen and oxygen atoms in total. The fourth-order valence-electron chi connectivity index (χ4n) is 2.25. The molecular formula is C19H15ClFN3O. The maximum Gasteiger partial charge on any atom is 0.255 e. The highest BCUT2D eigenvalue weighted by Gasteiger charge is 2.07. The predicted molar refractivity (Wildman–Crippen MR) is 98.1 cm³/mol. The van der Waals surface area contributed by atoms with E-state index < -0.39 is 0 Å². The lowest BCUT2D eigenvalue weighted by molar-refractivity contribution is 0.102. The maximum absolute atomic E-state index is 12.9. The summed E-state index contributed by atoms with van der Waals surface area (Å²) in [7, 11) is 0. The van der Waals surface area contributed by atoms with Crippen LogP contribution in [0.4, 0.5) is 21.6 Å². The molecule has 1 aromatic heterocycles. The van der Waals surface area contributed by atoms with Crippen LogP contribution in [0.2, 0.25) is 5.02 Å². The Morgan fingerprint density at radius 3 is 2.48 bits per heavy atom. The van der Waals surface area contributed by atoms with Crippen molar-refractivity contribution in [3.8, 4) is 0 Å². The first-order valence-electron chi connectivity index (χ1n) is 7.57. The highest BCUT2D eigenvalue weighted by Crippen LogP contribution is 2.23. The summed E-state index contributed by atoms with van der Waals surface area (Å²) >= 11 is 5.94. The van der Waals surface area contributed by atoms with Gasteiger partial charge in [0.05, 0.1) is 11.9 Å². The zero-order chi connectivity index (χ0) is 17.8. The summed E-state index contributed by atoms with van der Waals surface area (Å²) < 4.78 is 12.9. The first kappa shape index (κ1) is 16.9. The first-order chi connectivity index (χ1) is 12.0. The second kappa shape index (κ2) is 7.32. The van der Waals surface area contributed by atoms with Crippen molar-refractivity contribution in [2.45, 2.75) is 6.92 Å². The molecule has 0 bridgehead atoms. The Morgan fingerprint density at radius 2 is 1.84 bits per heavy atom. The molecule has 25 heavy (non-hydrogen) atoms. The molecule has 0 spiro atoms. The molecule has 0 unspecified atom stereocenters. The van der Waals surface area contributed by atoms with Crippen molar-refractivity contribution >= 4 is 34.7 Å². The lowest BCUT2D eigenvalue weighted by Gasteiger charge is -2.10. The van der Waals surface area contributed by atoms with Gasteiger partial charge in [-0.25, -0.2) is 9.37 Å². The van der Waals surface area contributed by atoms with E-state index in [2.05, 4.69) is 15.6 Å². The zero-order valence-electron chi connectivity index (χ0n) is 13.4. The second-order valence-electron chi connectivity index (χ2n) is 5.48. The Balaban J connectivity index is 1.67. The van der Waals surface area contributed by atoms with E-state index in [1.807, 2.05) is 19.1 Å². The molecule has 3 rings (SSSR count). The van der Waals surface area contributed by atoms with Gasteiger partial charge in [-0.1, -0.05) is 11.6 Å². The smallest absolute Gasteiger partial charge is 0.255 e. The van der Waals surface area contributed by atoms with E-state index in [-0.39, 0.29) is 11.7 Å². The third kappa shape index (κ3) is 4.33. The molecule has 6 heteroatoms. The summed E-state index contributed by atoms with van der Waals surface area (Å²) in [6, 6.07) is 14.4. The number of benzene rings is 2. The number of aromatic nitrogens is 1. The summed E-state index contributed by atoms with van der Waals surface area (Å²) in [6.45, 7) is 1.95. The molecule has 1 amide bonds. The van der Waals surface area contributed by atoms with Crippen LogP contribution < -0.4 is 10.6 Å². The van der Waals surface area contributed by atoms with Crippen LogP contribution >= 0.6 is 11.6 Å². The first-order valence-corrected chi connectivity index (χ1v) is 7.95. The van der Waals surface area contributed by atoms with E-state index in [4.69, 9.17) is 11.6 Å². The van der Waals surface area contributed by atoms with Crippen LogP contribution in [0.3, 0.4) is 0 Å². The number of rotatable bonds is 4. The van der Waals surface area contributed by atoms with E-state index in [0.717, 1.165) is 11.3 Å². The van der Waals surface area contributed by atoms with Gasteiger partial charge in [0, 0.05) is 16.3 Å². The van der Waals surface area contributed by atoms with Crippen molar-refractivity contribution in [1.29, 1.82) is 0 Å². The molecule has 0 saturated heterocycles. The predicted octanol–water partition coefficient (Wildman–Crippen LogP) is 5.18. The van der Waals surface area contributed by atoms with Gasteiger partial charge in [-0.05, 0) is 67.1 Å². The number of pyridine rings is 1. The number of carbonyl (C=O) groups is 1. The minimum Gasteiger partial charge on any atom is -0.340 e. The lowest BCUT2D eigenvalue weighted by Crippen LogP contribution is -2.12. The SMILES string of the molecule is Cc1cc(Cl)ccc1Nc1ccc(NC(=O)c2ccc(F)cc2)cn1. The highest BCUT2D eigenvalue weighted by atomic mass is 35.5. The van der Waals surface area contributed by atoms with Crippen molar-refractivity contribution in [1.82, 2.24) is 4.98 Å². The van der Waals surface area contributed by atoms with Gasteiger partial charge in [-0.2, -0.15) is 0 Å². The molecule has 0 atom stereocenters. The van der Waals surface area contributed by atoms with Crippen LogP contribution in [0.25, 0.3) is 0 Å². The Bertz CT molecular complexity index is 896. The van der Waals surface area contributed by atoms with Crippen molar-refractivity contribution in [2.24, 2.45) is 0 Å². The topological polar surface area (TPSA) is 54.0 Å². The van der Waals surface area contributed by atoms with Gasteiger partial charge in [0.25, 0.3) is 5.91 Å². The fourth-order valence-corrected chi connectivity index (χ4v) is 2.48. The van der Waals surface area contributed by atoms with Gasteiger partial charge in [-0.15, -0.1) is 0 Å². The standard InChI is InChI=1S/C19H15ClFN3O/c1-12-10-14(20)4-8-17(12)24-18-9-7-16(11-22-18)23-19(25)13-2-5-15(21)6-3-13/h2-11H,1H3,(H,22,24)(H,23,25). The van der Waals surface area contributed by atoms with Crippen LogP contribution in [0.1, 0.15) is 15.9 Å². The number of anilines is 3. The van der Waals surface area contributed by atoms with E-state index in [0.29, 0.717) is 22.1 Å². The summed E-state index contributed by atoms with van der Waals surface area (Å²) in [5, 5.41) is 6.59. The Hall–Kier alpha value is -2.92. The number of amides is 1. The number of nitrogens with one attached hydrogen (secondary N) is 2. The molecule has 0 aliphatic rings. The van der Waals surface area contributed by atoms with Gasteiger partial charge in [0.1, 0.15) is 11.6 Å². The van der Waals surface area contributed by atoms with Crippen LogP contribution in [0, 0.1) is 12.7 Å². The van der Waals surface area contributed by atoms with Gasteiger partial charge < -0.3 is 10.6 Å². The Labute approximate surface area is 149 Å². The van der Waals surface area contributed by atoms with Crippen LogP contribution in [0.15, 0.2) is 60.8 Å². The molecule has 2 N–H and O–H groups in total. The number of hydrogen-bond acceptors (Lipinski definition) is 3. The Kier molecular flexibility index (Phi) is 4.95. The van der Waals surface area contributed by atoms with Crippen molar-refractivity contribution in [3.63, 3.8) is 0 Å². The summed E-state index contributed by atoms with van der Waals surface area (Å²) in [4.78, 5) is 16.4. The second-order valence-corrected chi connectivity index (χ2v) is 5.91. The van der Waals surface area contributed by atoms with E-state index >= 15 is 0 Å². The lowest BCUT2D eigenvalue weighted by atomic mass is 10.2. The van der Waals surface area contributed by atoms with Crippen LogP contribution in [-0.2, 0) is 0 Å². The minimum atomic E-state index is -0.383. The largest absolute Gasteiger partial charge is 0.340 e. The number of nitrogens with zero attached hydrogens (tertiary/aromatic N) is 1. The fraction of sp³-hybridized carbons (Fsp3) is 0.0526. The molecule has 2 aromatic carbocycles. The number of hydrogen-bond donors (Lipinski definition) is 2. The normalized spacial score (nSPS) is 10.4. The van der Waals surface area contributed by atoms with E-state index in [1.54, 1.807) is 24.4 Å². The number of halogens is 2. The van der Waals surface area contributed by atoms with Crippen molar-refractivity contribution in [2.75, 3.05) is 10.6 Å². The van der Waals surface area contributed by atoms with Gasteiger partial charge in [0.2, 0.25) is 0 Å². The zero-order valence-corrected chi connectivity index (χ0v) is 14.1. The Morgan fingerprint density at radius 1 is 1.08 bits per heavy atom. The quantitative estimate of drug-likeness (QED) is 0.678. The summed E-state index contributed by atoms with van der Waals surface area (Å²) in [5.74, 6) is -0.0626. The number of aryl methyl sites for hydroxylation is 1. The monoisotopic (exact) mass is 355 g/mol. The molecule has 1 heterocycles. The maximum atomic E-state index is 12.9. The molecule has 126 valence electrons. The molecule has 3 aromatic rings. The average molecular weight is 356 g/mol. The summed E-state index contributed by atoms with van der Waals surface area (Å²) in [5.41, 5.74) is 2.83. The van der Waals surface area contributed by atoms with E-state index in [9.17, 15) is 9.18 Å². The van der Waals surface area contributed by atoms with E-state index in [1.165, 1.54) is 24.3 Å². The summed E-state index contributed by atoms with van der Waals surface area (Å²) in [6.07, 6.45) is 1.55. The van der Waals surface area contributed by atoms with Crippen LogP contribution in [0.5, 0.6) is 0 Å². The minimum absolute atomic E-state index is 0.323. The molecule has 0 saturated carbocycles.